The minimum absolute atomic E-state index is 0.0436. The average molecular weight is 295 g/mol. The Hall–Kier alpha value is -1.49. The molecular weight excluding hydrogens is 284 g/mol. The molecule has 2 rings (SSSR count). The third kappa shape index (κ3) is 3.00. The van der Waals surface area contributed by atoms with E-state index in [2.05, 4.69) is 26.2 Å². The van der Waals surface area contributed by atoms with Crippen LogP contribution in [0.2, 0.25) is 0 Å². The number of hydrogen-bond acceptors (Lipinski definition) is 4. The van der Waals surface area contributed by atoms with E-state index in [1.807, 2.05) is 12.1 Å². The quantitative estimate of drug-likeness (QED) is 0.836. The molecule has 0 spiro atoms. The van der Waals surface area contributed by atoms with Crippen LogP contribution in [0.4, 0.5) is 5.69 Å². The second-order valence-corrected chi connectivity index (χ2v) is 4.66. The van der Waals surface area contributed by atoms with Crippen LogP contribution in [0, 0.1) is 0 Å². The summed E-state index contributed by atoms with van der Waals surface area (Å²) in [4.78, 5) is 11.5. The number of allylic oxidation sites excluding steroid dienone is 2. The van der Waals surface area contributed by atoms with E-state index in [1.54, 1.807) is 12.1 Å². The zero-order valence-electron chi connectivity index (χ0n) is 9.06. The summed E-state index contributed by atoms with van der Waals surface area (Å²) in [6, 6.07) is 7.23. The summed E-state index contributed by atoms with van der Waals surface area (Å²) in [5.41, 5.74) is 0.742. The number of rotatable bonds is 2. The monoisotopic (exact) mass is 294 g/mol. The molecule has 17 heavy (non-hydrogen) atoms. The highest BCUT2D eigenvalue weighted by atomic mass is 79.9. The summed E-state index contributed by atoms with van der Waals surface area (Å²) in [6.07, 6.45) is 1.61. The van der Waals surface area contributed by atoms with Crippen molar-refractivity contribution < 1.29 is 9.90 Å². The van der Waals surface area contributed by atoms with Crippen molar-refractivity contribution in [1.29, 1.82) is 0 Å². The first-order valence-electron chi connectivity index (χ1n) is 5.29. The lowest BCUT2D eigenvalue weighted by Crippen LogP contribution is -2.09. The number of aliphatic hydroxyl groups excluding tert-OH is 1. The van der Waals surface area contributed by atoms with E-state index in [-0.39, 0.29) is 17.2 Å². The fourth-order valence-corrected chi connectivity index (χ4v) is 1.81. The first-order chi connectivity index (χ1) is 8.16. The summed E-state index contributed by atoms with van der Waals surface area (Å²) in [7, 11) is 0. The predicted molar refractivity (Wildman–Crippen MR) is 67.2 cm³/mol. The molecule has 5 heteroatoms. The highest BCUT2D eigenvalue weighted by Crippen LogP contribution is 2.23. The summed E-state index contributed by atoms with van der Waals surface area (Å²) >= 11 is 3.32. The molecule has 4 nitrogen and oxygen atoms in total. The molecule has 0 heterocycles. The van der Waals surface area contributed by atoms with E-state index in [1.165, 1.54) is 0 Å². The van der Waals surface area contributed by atoms with Crippen LogP contribution in [0.25, 0.3) is 0 Å². The minimum Gasteiger partial charge on any atom is -0.510 e. The molecule has 0 saturated heterocycles. The van der Waals surface area contributed by atoms with Gasteiger partial charge in [0.05, 0.1) is 5.69 Å². The normalized spacial score (nSPS) is 16.9. The number of ketones is 1. The Bertz CT molecular complexity index is 492. The molecule has 1 aromatic rings. The van der Waals surface area contributed by atoms with E-state index in [0.29, 0.717) is 24.9 Å². The highest BCUT2D eigenvalue weighted by molar-refractivity contribution is 9.10. The zero-order chi connectivity index (χ0) is 12.3. The number of benzene rings is 1. The van der Waals surface area contributed by atoms with Gasteiger partial charge in [-0.1, -0.05) is 15.9 Å². The molecule has 1 aliphatic carbocycles. The standard InChI is InChI=1S/C12H11BrN2O2/c13-8-4-6-9(7-5-8)14-15-12-10(16)2-1-3-11(12)17/h4-7,16H,1-3H2. The second-order valence-electron chi connectivity index (χ2n) is 3.75. The van der Waals surface area contributed by atoms with Gasteiger partial charge in [0.25, 0.3) is 0 Å². The van der Waals surface area contributed by atoms with Gasteiger partial charge >= 0.3 is 0 Å². The van der Waals surface area contributed by atoms with Crippen molar-refractivity contribution >= 4 is 27.4 Å². The second kappa shape index (κ2) is 5.23. The van der Waals surface area contributed by atoms with Crippen LogP contribution in [-0.2, 0) is 4.79 Å². The van der Waals surface area contributed by atoms with E-state index in [0.717, 1.165) is 4.47 Å². The molecule has 0 bridgehead atoms. The Labute approximate surface area is 107 Å². The molecule has 0 atom stereocenters. The number of carbonyl (C=O) groups excluding carboxylic acids is 1. The maximum absolute atomic E-state index is 11.5. The van der Waals surface area contributed by atoms with Crippen molar-refractivity contribution in [3.05, 3.63) is 40.2 Å². The predicted octanol–water partition coefficient (Wildman–Crippen LogP) is 4.06. The number of hydrogen-bond donors (Lipinski definition) is 1. The van der Waals surface area contributed by atoms with Crippen LogP contribution >= 0.6 is 15.9 Å². The number of aliphatic hydroxyl groups is 1. The lowest BCUT2D eigenvalue weighted by atomic mass is 10.0. The molecule has 0 amide bonds. The molecule has 0 saturated carbocycles. The van der Waals surface area contributed by atoms with Gasteiger partial charge in [0.15, 0.2) is 11.5 Å². The lowest BCUT2D eigenvalue weighted by Gasteiger charge is -2.09. The van der Waals surface area contributed by atoms with E-state index in [9.17, 15) is 9.90 Å². The van der Waals surface area contributed by atoms with Crippen LogP contribution in [0.3, 0.4) is 0 Å². The molecule has 1 aliphatic rings. The van der Waals surface area contributed by atoms with Crippen LogP contribution in [0.1, 0.15) is 19.3 Å². The van der Waals surface area contributed by atoms with E-state index < -0.39 is 0 Å². The maximum atomic E-state index is 11.5. The molecule has 0 fully saturated rings. The molecule has 0 aromatic heterocycles. The van der Waals surface area contributed by atoms with Crippen molar-refractivity contribution in [3.8, 4) is 0 Å². The van der Waals surface area contributed by atoms with E-state index in [4.69, 9.17) is 0 Å². The molecule has 0 radical (unpaired) electrons. The van der Waals surface area contributed by atoms with Gasteiger partial charge in [0.2, 0.25) is 0 Å². The van der Waals surface area contributed by atoms with Gasteiger partial charge < -0.3 is 5.11 Å². The number of azo groups is 1. The van der Waals surface area contributed by atoms with E-state index >= 15 is 0 Å². The first-order valence-corrected chi connectivity index (χ1v) is 6.09. The molecule has 0 aliphatic heterocycles. The number of halogens is 1. The van der Waals surface area contributed by atoms with Crippen molar-refractivity contribution in [3.63, 3.8) is 0 Å². The number of carbonyl (C=O) groups is 1. The highest BCUT2D eigenvalue weighted by Gasteiger charge is 2.19. The van der Waals surface area contributed by atoms with Gasteiger partial charge in [-0.25, -0.2) is 0 Å². The summed E-state index contributed by atoms with van der Waals surface area (Å²) in [5, 5.41) is 17.3. The van der Waals surface area contributed by atoms with Gasteiger partial charge in [-0.2, -0.15) is 5.11 Å². The van der Waals surface area contributed by atoms with Crippen molar-refractivity contribution in [2.45, 2.75) is 19.3 Å². The SMILES string of the molecule is O=C1CCCC(O)=C1N=Nc1ccc(Br)cc1. The fourth-order valence-electron chi connectivity index (χ4n) is 1.54. The molecule has 88 valence electrons. The maximum Gasteiger partial charge on any atom is 0.186 e. The number of nitrogens with zero attached hydrogens (tertiary/aromatic N) is 2. The van der Waals surface area contributed by atoms with Crippen molar-refractivity contribution in [2.24, 2.45) is 10.2 Å². The third-order valence-electron chi connectivity index (χ3n) is 2.45. The molecule has 1 N–H and O–H groups in total. The largest absolute Gasteiger partial charge is 0.510 e. The Kier molecular flexibility index (Phi) is 3.68. The molecule has 0 unspecified atom stereocenters. The Morgan fingerprint density at radius 3 is 2.47 bits per heavy atom. The Morgan fingerprint density at radius 2 is 1.82 bits per heavy atom. The smallest absolute Gasteiger partial charge is 0.186 e. The van der Waals surface area contributed by atoms with Gasteiger partial charge in [-0.15, -0.1) is 5.11 Å². The summed E-state index contributed by atoms with van der Waals surface area (Å²) in [5.74, 6) is -0.100. The molecular formula is C12H11BrN2O2. The van der Waals surface area contributed by atoms with Crippen LogP contribution in [0.5, 0.6) is 0 Å². The summed E-state index contributed by atoms with van der Waals surface area (Å²) in [6.45, 7) is 0. The van der Waals surface area contributed by atoms with Gasteiger partial charge in [-0.3, -0.25) is 4.79 Å². The van der Waals surface area contributed by atoms with Crippen molar-refractivity contribution in [2.75, 3.05) is 0 Å². The Balaban J connectivity index is 2.20. The lowest BCUT2D eigenvalue weighted by molar-refractivity contribution is -0.116. The van der Waals surface area contributed by atoms with Gasteiger partial charge in [0.1, 0.15) is 5.76 Å². The fraction of sp³-hybridized carbons (Fsp3) is 0.250. The number of Topliss-reactive ketones (excluding diaryl/α,β-unsaturated/α-hetero) is 1. The molecule has 1 aromatic carbocycles. The van der Waals surface area contributed by atoms with Gasteiger partial charge in [0, 0.05) is 17.3 Å². The van der Waals surface area contributed by atoms with Crippen LogP contribution < -0.4 is 0 Å². The first kappa shape index (κ1) is 12.0. The Morgan fingerprint density at radius 1 is 1.12 bits per heavy atom. The van der Waals surface area contributed by atoms with Gasteiger partial charge in [-0.05, 0) is 30.7 Å². The average Bonchev–Trinajstić information content (AvgIpc) is 2.31. The van der Waals surface area contributed by atoms with Crippen LogP contribution in [0.15, 0.2) is 50.4 Å². The van der Waals surface area contributed by atoms with Crippen molar-refractivity contribution in [1.82, 2.24) is 0 Å². The third-order valence-corrected chi connectivity index (χ3v) is 2.98. The zero-order valence-corrected chi connectivity index (χ0v) is 10.6. The minimum atomic E-state index is -0.144. The topological polar surface area (TPSA) is 62.0 Å². The summed E-state index contributed by atoms with van der Waals surface area (Å²) < 4.78 is 0.951. The van der Waals surface area contributed by atoms with Crippen LogP contribution in [-0.4, -0.2) is 10.9 Å².